The highest BCUT2D eigenvalue weighted by atomic mass is 28.4. The largest absolute Gasteiger partial charge is 0.414 e. The number of rotatable bonds is 4. The molecule has 2 saturated heterocycles. The highest BCUT2D eigenvalue weighted by Crippen LogP contribution is 2.64. The predicted octanol–water partition coefficient (Wildman–Crippen LogP) is 4.92. The van der Waals surface area contributed by atoms with E-state index in [1.807, 2.05) is 0 Å². The Morgan fingerprint density at radius 3 is 2.34 bits per heavy atom. The minimum atomic E-state index is -1.69. The molecule has 0 amide bonds. The molecule has 2 aromatic heterocycles. The summed E-state index contributed by atoms with van der Waals surface area (Å²) in [5.41, 5.74) is 3.31. The van der Waals surface area contributed by atoms with Gasteiger partial charge in [-0.1, -0.05) is 20.8 Å². The van der Waals surface area contributed by atoms with Gasteiger partial charge < -0.3 is 14.1 Å². The number of aryl methyl sites for hydroxylation is 1. The molecule has 0 radical (unpaired) electrons. The average Bonchev–Trinajstić information content (AvgIpc) is 3.00. The highest BCUT2D eigenvalue weighted by molar-refractivity contribution is 6.74. The quantitative estimate of drug-likeness (QED) is 0.614. The Labute approximate surface area is 192 Å². The van der Waals surface area contributed by atoms with Crippen molar-refractivity contribution in [1.29, 1.82) is 0 Å². The second-order valence-electron chi connectivity index (χ2n) is 12.2. The van der Waals surface area contributed by atoms with E-state index in [0.29, 0.717) is 24.1 Å². The second kappa shape index (κ2) is 7.03. The van der Waals surface area contributed by atoms with Crippen LogP contribution in [0.5, 0.6) is 0 Å². The molecular formula is C25H38N4O2Si. The molecule has 2 saturated carbocycles. The van der Waals surface area contributed by atoms with E-state index in [1.165, 1.54) is 37.2 Å². The van der Waals surface area contributed by atoms with Crippen LogP contribution in [0.25, 0.3) is 5.65 Å². The SMILES string of the molecule is Cc1cc(N2C3CCC2COC3)n2nc(C3C4CC(O[Si](C)(C)C(C)(C)C)CC43)cc2n1. The van der Waals surface area contributed by atoms with Crippen LogP contribution in [0.3, 0.4) is 0 Å². The van der Waals surface area contributed by atoms with Crippen LogP contribution < -0.4 is 4.90 Å². The summed E-state index contributed by atoms with van der Waals surface area (Å²) in [5, 5.41) is 5.43. The Hall–Kier alpha value is -1.44. The summed E-state index contributed by atoms with van der Waals surface area (Å²) < 4.78 is 14.7. The molecule has 2 aromatic rings. The molecule has 6 nitrogen and oxygen atoms in total. The molecule has 0 aromatic carbocycles. The molecule has 32 heavy (non-hydrogen) atoms. The van der Waals surface area contributed by atoms with Gasteiger partial charge in [-0.15, -0.1) is 0 Å². The van der Waals surface area contributed by atoms with Crippen LogP contribution in [-0.4, -0.2) is 54.3 Å². The first-order valence-corrected chi connectivity index (χ1v) is 15.4. The minimum absolute atomic E-state index is 0.277. The molecule has 4 atom stereocenters. The molecule has 0 spiro atoms. The number of anilines is 1. The van der Waals surface area contributed by atoms with Gasteiger partial charge in [0, 0.05) is 29.8 Å². The van der Waals surface area contributed by atoms with E-state index in [2.05, 4.69) is 62.3 Å². The standard InChI is InChI=1S/C25H38N4O2Si/c1-15-9-23(28-16-7-8-17(28)14-30-13-16)29-22(26-15)12-21(27-29)24-19-10-18(11-20(19)24)31-32(5,6)25(2,3)4/h9,12,16-20,24H,7-8,10-11,13-14H2,1-6H3. The smallest absolute Gasteiger partial charge is 0.192 e. The lowest BCUT2D eigenvalue weighted by Crippen LogP contribution is -2.46. The van der Waals surface area contributed by atoms with E-state index in [9.17, 15) is 0 Å². The monoisotopic (exact) mass is 454 g/mol. The average molecular weight is 455 g/mol. The molecule has 174 valence electrons. The summed E-state index contributed by atoms with van der Waals surface area (Å²) in [6.07, 6.45) is 5.26. The summed E-state index contributed by atoms with van der Waals surface area (Å²) in [6.45, 7) is 15.5. The van der Waals surface area contributed by atoms with Gasteiger partial charge in [-0.3, -0.25) is 0 Å². The van der Waals surface area contributed by atoms with Crippen molar-refractivity contribution in [2.24, 2.45) is 11.8 Å². The van der Waals surface area contributed by atoms with E-state index in [0.717, 1.165) is 36.4 Å². The summed E-state index contributed by atoms with van der Waals surface area (Å²) in [7, 11) is -1.69. The van der Waals surface area contributed by atoms with Crippen molar-refractivity contribution in [3.63, 3.8) is 0 Å². The summed E-state index contributed by atoms with van der Waals surface area (Å²) in [4.78, 5) is 7.41. The first-order valence-electron chi connectivity index (χ1n) is 12.5. The van der Waals surface area contributed by atoms with Crippen LogP contribution >= 0.6 is 0 Å². The number of aromatic nitrogens is 3. The summed E-state index contributed by atoms with van der Waals surface area (Å²) in [6, 6.07) is 5.42. The van der Waals surface area contributed by atoms with Crippen molar-refractivity contribution in [3.8, 4) is 0 Å². The lowest BCUT2D eigenvalue weighted by atomic mass is 10.1. The molecule has 0 N–H and O–H groups in total. The van der Waals surface area contributed by atoms with Gasteiger partial charge in [0.15, 0.2) is 14.0 Å². The third kappa shape index (κ3) is 3.26. The fraction of sp³-hybridized carbons (Fsp3) is 0.760. The van der Waals surface area contributed by atoms with Crippen LogP contribution in [0, 0.1) is 18.8 Å². The number of morpholine rings is 1. The maximum atomic E-state index is 6.73. The summed E-state index contributed by atoms with van der Waals surface area (Å²) in [5.74, 6) is 3.27. The van der Waals surface area contributed by atoms with Gasteiger partial charge in [-0.05, 0) is 62.6 Å². The molecule has 4 unspecified atom stereocenters. The van der Waals surface area contributed by atoms with Gasteiger partial charge in [0.25, 0.3) is 0 Å². The van der Waals surface area contributed by atoms with Gasteiger partial charge in [-0.2, -0.15) is 9.61 Å². The Morgan fingerprint density at radius 1 is 1.06 bits per heavy atom. The molecule has 6 rings (SSSR count). The van der Waals surface area contributed by atoms with E-state index >= 15 is 0 Å². The Morgan fingerprint density at radius 2 is 1.72 bits per heavy atom. The first kappa shape index (κ1) is 21.1. The van der Waals surface area contributed by atoms with Crippen LogP contribution in [-0.2, 0) is 9.16 Å². The highest BCUT2D eigenvalue weighted by Gasteiger charge is 2.59. The van der Waals surface area contributed by atoms with Crippen molar-refractivity contribution in [1.82, 2.24) is 14.6 Å². The van der Waals surface area contributed by atoms with Crippen molar-refractivity contribution in [2.75, 3.05) is 18.1 Å². The van der Waals surface area contributed by atoms with Crippen LogP contribution in [0.4, 0.5) is 5.82 Å². The van der Waals surface area contributed by atoms with E-state index < -0.39 is 8.32 Å². The van der Waals surface area contributed by atoms with Gasteiger partial charge in [0.05, 0.1) is 31.0 Å². The third-order valence-electron chi connectivity index (χ3n) is 9.07. The second-order valence-corrected chi connectivity index (χ2v) is 17.0. The fourth-order valence-electron chi connectivity index (χ4n) is 6.37. The van der Waals surface area contributed by atoms with Gasteiger partial charge in [-0.25, -0.2) is 4.98 Å². The molecule has 4 fully saturated rings. The molecule has 4 aliphatic rings. The van der Waals surface area contributed by atoms with Gasteiger partial charge in [0.1, 0.15) is 5.82 Å². The number of ether oxygens (including phenoxy) is 1. The molecule has 2 aliphatic heterocycles. The van der Waals surface area contributed by atoms with Gasteiger partial charge in [0.2, 0.25) is 0 Å². The maximum absolute atomic E-state index is 6.73. The fourth-order valence-corrected chi connectivity index (χ4v) is 7.75. The minimum Gasteiger partial charge on any atom is -0.414 e. The van der Waals surface area contributed by atoms with Gasteiger partial charge >= 0.3 is 0 Å². The zero-order chi connectivity index (χ0) is 22.4. The normalized spacial score (nSPS) is 34.4. The molecule has 2 bridgehead atoms. The number of hydrogen-bond donors (Lipinski definition) is 0. The topological polar surface area (TPSA) is 51.9 Å². The third-order valence-corrected chi connectivity index (χ3v) is 13.6. The molecule has 2 aliphatic carbocycles. The number of nitrogens with zero attached hydrogens (tertiary/aromatic N) is 4. The summed E-state index contributed by atoms with van der Waals surface area (Å²) >= 11 is 0. The first-order chi connectivity index (χ1) is 15.1. The van der Waals surface area contributed by atoms with Crippen molar-refractivity contribution in [3.05, 3.63) is 23.5 Å². The van der Waals surface area contributed by atoms with Crippen LogP contribution in [0.1, 0.15) is 63.8 Å². The van der Waals surface area contributed by atoms with Crippen LogP contribution in [0.15, 0.2) is 12.1 Å². The van der Waals surface area contributed by atoms with Crippen LogP contribution in [0.2, 0.25) is 18.1 Å². The van der Waals surface area contributed by atoms with Crippen molar-refractivity contribution >= 4 is 19.8 Å². The van der Waals surface area contributed by atoms with Crippen molar-refractivity contribution in [2.45, 2.75) is 95.6 Å². The molecule has 7 heteroatoms. The zero-order valence-electron chi connectivity index (χ0n) is 20.5. The van der Waals surface area contributed by atoms with Crippen molar-refractivity contribution < 1.29 is 9.16 Å². The lowest BCUT2D eigenvalue weighted by Gasteiger charge is -2.39. The predicted molar refractivity (Wildman–Crippen MR) is 129 cm³/mol. The number of fused-ring (bicyclic) bond motifs is 4. The molecular weight excluding hydrogens is 416 g/mol. The van der Waals surface area contributed by atoms with E-state index in [4.69, 9.17) is 19.2 Å². The van der Waals surface area contributed by atoms with E-state index in [1.54, 1.807) is 0 Å². The maximum Gasteiger partial charge on any atom is 0.192 e. The lowest BCUT2D eigenvalue weighted by molar-refractivity contribution is 0.0899. The molecule has 4 heterocycles. The number of hydrogen-bond acceptors (Lipinski definition) is 5. The van der Waals surface area contributed by atoms with E-state index in [-0.39, 0.29) is 5.04 Å². The Kier molecular flexibility index (Phi) is 4.64. The zero-order valence-corrected chi connectivity index (χ0v) is 21.5. The Balaban J connectivity index is 1.22. The Bertz CT molecular complexity index is 1020.